The molecule has 126 valence electrons. The van der Waals surface area contributed by atoms with Gasteiger partial charge in [-0.05, 0) is 0 Å². The summed E-state index contributed by atoms with van der Waals surface area (Å²) >= 11 is 23.1. The molecule has 0 aromatic carbocycles. The SMILES string of the molecule is S=c1sc(=C2SC3=C(SCCS3)S2)sc1=C1SC2=C(S1)[Se]CC[Se]2. The standard InChI is InChI=1S/C13H8S9Se2/c14-6-5(7-21-12-13(22-7)24-4-3-23-12)17-10(18-6)11-19-8-9(20-11)16-2-1-15-8/h1-4H2. The Morgan fingerprint density at radius 3 is 1.96 bits per heavy atom. The molecule has 0 amide bonds. The van der Waals surface area contributed by atoms with E-state index in [1.54, 1.807) is 7.61 Å². The van der Waals surface area contributed by atoms with Crippen LogP contribution in [0.2, 0.25) is 10.6 Å². The second-order valence-electron chi connectivity index (χ2n) is 4.64. The van der Waals surface area contributed by atoms with Crippen molar-refractivity contribution in [1.29, 1.82) is 0 Å². The molecule has 4 aliphatic heterocycles. The van der Waals surface area contributed by atoms with Gasteiger partial charge in [-0.1, -0.05) is 0 Å². The zero-order valence-corrected chi connectivity index (χ0v) is 22.6. The first-order valence-electron chi connectivity index (χ1n) is 6.87. The van der Waals surface area contributed by atoms with Gasteiger partial charge in [0.2, 0.25) is 0 Å². The van der Waals surface area contributed by atoms with Gasteiger partial charge < -0.3 is 0 Å². The Balaban J connectivity index is 1.52. The molecule has 0 saturated heterocycles. The zero-order valence-electron chi connectivity index (χ0n) is 11.8. The molecule has 24 heavy (non-hydrogen) atoms. The van der Waals surface area contributed by atoms with Gasteiger partial charge in [0.1, 0.15) is 0 Å². The van der Waals surface area contributed by atoms with Gasteiger partial charge in [-0.25, -0.2) is 0 Å². The molecule has 5 rings (SSSR count). The predicted octanol–water partition coefficient (Wildman–Crippen LogP) is 5.62. The molecule has 0 N–H and O–H groups in total. The van der Waals surface area contributed by atoms with Crippen molar-refractivity contribution in [2.24, 2.45) is 0 Å². The summed E-state index contributed by atoms with van der Waals surface area (Å²) in [5.74, 6) is 2.50. The summed E-state index contributed by atoms with van der Waals surface area (Å²) in [6, 6.07) is 0. The molecule has 1 aromatic rings. The molecular formula is C13H8S9Se2. The molecule has 0 aliphatic carbocycles. The van der Waals surface area contributed by atoms with Crippen LogP contribution in [0, 0.1) is 3.82 Å². The number of hydrogen-bond donors (Lipinski definition) is 0. The van der Waals surface area contributed by atoms with Crippen LogP contribution in [0.1, 0.15) is 0 Å². The van der Waals surface area contributed by atoms with Crippen molar-refractivity contribution in [3.8, 4) is 0 Å². The van der Waals surface area contributed by atoms with Crippen molar-refractivity contribution in [2.75, 3.05) is 11.5 Å². The first kappa shape index (κ1) is 18.6. The number of hydrogen-bond acceptors (Lipinski definition) is 9. The molecule has 0 saturated carbocycles. The molecule has 0 unspecified atom stereocenters. The fourth-order valence-corrected chi connectivity index (χ4v) is 23.1. The van der Waals surface area contributed by atoms with Crippen LogP contribution >= 0.6 is 105 Å². The molecule has 0 fully saturated rings. The van der Waals surface area contributed by atoms with Crippen LogP contribution < -0.4 is 8.38 Å². The van der Waals surface area contributed by atoms with Crippen molar-refractivity contribution >= 4 is 144 Å². The van der Waals surface area contributed by atoms with Gasteiger partial charge in [-0.2, -0.15) is 0 Å². The Morgan fingerprint density at radius 1 is 0.708 bits per heavy atom. The van der Waals surface area contributed by atoms with E-state index in [9.17, 15) is 0 Å². The normalized spacial score (nSPS) is 24.0. The fourth-order valence-electron chi connectivity index (χ4n) is 2.11. The van der Waals surface area contributed by atoms with Gasteiger partial charge >= 0.3 is 194 Å². The molecule has 1 aromatic heterocycles. The summed E-state index contributed by atoms with van der Waals surface area (Å²) in [5.41, 5.74) is 0. The van der Waals surface area contributed by atoms with Gasteiger partial charge in [0, 0.05) is 0 Å². The van der Waals surface area contributed by atoms with E-state index < -0.39 is 0 Å². The van der Waals surface area contributed by atoms with E-state index in [1.807, 2.05) is 93.2 Å². The van der Waals surface area contributed by atoms with Gasteiger partial charge in [-0.3, -0.25) is 0 Å². The molecule has 11 heteroatoms. The van der Waals surface area contributed by atoms with Crippen LogP contribution in [0.15, 0.2) is 16.1 Å². The fraction of sp³-hybridized carbons (Fsp3) is 0.308. The quantitative estimate of drug-likeness (QED) is 0.273. The van der Waals surface area contributed by atoms with E-state index in [-0.39, 0.29) is 0 Å². The molecule has 5 heterocycles. The minimum absolute atomic E-state index is 0.725. The van der Waals surface area contributed by atoms with E-state index in [0.717, 1.165) is 33.7 Å². The summed E-state index contributed by atoms with van der Waals surface area (Å²) in [4.78, 5) is 0. The van der Waals surface area contributed by atoms with Crippen LogP contribution in [-0.2, 0) is 0 Å². The van der Waals surface area contributed by atoms with Gasteiger partial charge in [-0.15, -0.1) is 0 Å². The number of rotatable bonds is 0. The third-order valence-corrected chi connectivity index (χ3v) is 23.3. The van der Waals surface area contributed by atoms with E-state index in [1.165, 1.54) is 47.5 Å². The van der Waals surface area contributed by atoms with Crippen molar-refractivity contribution in [1.82, 2.24) is 0 Å². The van der Waals surface area contributed by atoms with E-state index in [2.05, 4.69) is 0 Å². The average molecular weight is 611 g/mol. The Morgan fingerprint density at radius 2 is 1.33 bits per heavy atom. The van der Waals surface area contributed by atoms with Crippen LogP contribution in [0.25, 0.3) is 8.47 Å². The second-order valence-corrected chi connectivity index (χ2v) is 20.7. The van der Waals surface area contributed by atoms with Crippen LogP contribution in [-0.4, -0.2) is 41.4 Å². The Hall–Kier alpha value is 2.63. The van der Waals surface area contributed by atoms with Crippen molar-refractivity contribution in [3.05, 3.63) is 28.3 Å². The first-order valence-corrected chi connectivity index (χ1v) is 18.3. The summed E-state index contributed by atoms with van der Waals surface area (Å²) in [6.45, 7) is 0. The maximum atomic E-state index is 5.76. The summed E-state index contributed by atoms with van der Waals surface area (Å²) in [5, 5.41) is 2.90. The Bertz CT molecular complexity index is 911. The third-order valence-electron chi connectivity index (χ3n) is 3.09. The van der Waals surface area contributed by atoms with Crippen LogP contribution in [0.3, 0.4) is 0 Å². The van der Waals surface area contributed by atoms with E-state index in [4.69, 9.17) is 12.2 Å². The van der Waals surface area contributed by atoms with Crippen LogP contribution in [0.5, 0.6) is 0 Å². The molecule has 4 aliphatic rings. The van der Waals surface area contributed by atoms with Gasteiger partial charge in [0.05, 0.1) is 0 Å². The molecule has 0 nitrogen and oxygen atoms in total. The minimum atomic E-state index is 0.725. The second kappa shape index (κ2) is 8.17. The van der Waals surface area contributed by atoms with E-state index >= 15 is 0 Å². The van der Waals surface area contributed by atoms with Gasteiger partial charge in [0.25, 0.3) is 0 Å². The average Bonchev–Trinajstić information content (AvgIpc) is 3.29. The molecule has 0 radical (unpaired) electrons. The summed E-state index contributed by atoms with van der Waals surface area (Å²) in [7, 11) is 0. The number of thioether (sulfide) groups is 6. The Labute approximate surface area is 191 Å². The molecule has 0 bridgehead atoms. The monoisotopic (exact) mass is 612 g/mol. The predicted molar refractivity (Wildman–Crippen MR) is 130 cm³/mol. The molecule has 0 spiro atoms. The maximum absolute atomic E-state index is 5.76. The van der Waals surface area contributed by atoms with Crippen molar-refractivity contribution in [3.63, 3.8) is 0 Å². The first-order chi connectivity index (χ1) is 11.8. The topological polar surface area (TPSA) is 0 Å². The summed E-state index contributed by atoms with van der Waals surface area (Å²) in [6.07, 6.45) is 0. The van der Waals surface area contributed by atoms with Crippen molar-refractivity contribution < 1.29 is 0 Å². The Kier molecular flexibility index (Phi) is 6.34. The van der Waals surface area contributed by atoms with E-state index in [0.29, 0.717) is 0 Å². The van der Waals surface area contributed by atoms with Crippen molar-refractivity contribution in [2.45, 2.75) is 10.6 Å². The third kappa shape index (κ3) is 3.74. The zero-order chi connectivity index (χ0) is 16.1. The van der Waals surface area contributed by atoms with Crippen LogP contribution in [0.4, 0.5) is 0 Å². The molecule has 0 atom stereocenters. The summed E-state index contributed by atoms with van der Waals surface area (Å²) < 4.78 is 13.3. The van der Waals surface area contributed by atoms with Gasteiger partial charge in [0.15, 0.2) is 0 Å². The molecular weight excluding hydrogens is 603 g/mol.